The van der Waals surface area contributed by atoms with Crippen molar-refractivity contribution in [1.82, 2.24) is 5.32 Å². The van der Waals surface area contributed by atoms with E-state index in [0.29, 0.717) is 18.1 Å². The number of benzene rings is 1. The summed E-state index contributed by atoms with van der Waals surface area (Å²) in [4.78, 5) is 11.0. The molecular weight excluding hydrogens is 290 g/mol. The van der Waals surface area contributed by atoms with Crippen molar-refractivity contribution in [1.29, 1.82) is 0 Å². The van der Waals surface area contributed by atoms with Crippen molar-refractivity contribution in [3.05, 3.63) is 22.2 Å². The molecule has 1 aliphatic heterocycles. The fraction of sp³-hybridized carbons (Fsp3) is 0.364. The van der Waals surface area contributed by atoms with Gasteiger partial charge in [0.15, 0.2) is 0 Å². The molecular formula is C11H12BrNO4. The van der Waals surface area contributed by atoms with Crippen molar-refractivity contribution >= 4 is 22.0 Å². The van der Waals surface area contributed by atoms with Gasteiger partial charge < -0.3 is 19.5 Å². The summed E-state index contributed by atoms with van der Waals surface area (Å²) >= 11 is 3.38. The molecule has 5 nitrogen and oxygen atoms in total. The van der Waals surface area contributed by atoms with E-state index < -0.39 is 6.09 Å². The maximum atomic E-state index is 11.0. The summed E-state index contributed by atoms with van der Waals surface area (Å²) in [6.07, 6.45) is -0.418. The summed E-state index contributed by atoms with van der Waals surface area (Å²) in [7, 11) is 3.16. The number of hydrogen-bond acceptors (Lipinski definition) is 4. The van der Waals surface area contributed by atoms with E-state index in [9.17, 15) is 4.79 Å². The lowest BCUT2D eigenvalue weighted by molar-refractivity contribution is 0.177. The average molecular weight is 302 g/mol. The normalized spacial score (nSPS) is 18.5. The number of rotatable bonds is 3. The van der Waals surface area contributed by atoms with Gasteiger partial charge in [0.1, 0.15) is 18.1 Å². The smallest absolute Gasteiger partial charge is 0.407 e. The van der Waals surface area contributed by atoms with Gasteiger partial charge in [-0.2, -0.15) is 0 Å². The highest BCUT2D eigenvalue weighted by molar-refractivity contribution is 9.10. The van der Waals surface area contributed by atoms with Gasteiger partial charge in [0.2, 0.25) is 0 Å². The third-order valence-electron chi connectivity index (χ3n) is 2.55. The molecule has 6 heteroatoms. The molecule has 0 aromatic heterocycles. The maximum absolute atomic E-state index is 11.0. The Hall–Kier alpha value is -1.43. The van der Waals surface area contributed by atoms with Crippen molar-refractivity contribution in [3.63, 3.8) is 0 Å². The Morgan fingerprint density at radius 3 is 2.59 bits per heavy atom. The van der Waals surface area contributed by atoms with E-state index in [1.54, 1.807) is 20.3 Å². The Kier molecular flexibility index (Phi) is 3.42. The molecule has 2 rings (SSSR count). The minimum Gasteiger partial charge on any atom is -0.496 e. The van der Waals surface area contributed by atoms with Gasteiger partial charge in [-0.05, 0) is 28.1 Å². The zero-order chi connectivity index (χ0) is 12.4. The monoisotopic (exact) mass is 301 g/mol. The molecule has 0 spiro atoms. The van der Waals surface area contributed by atoms with Crippen LogP contribution in [0.1, 0.15) is 11.6 Å². The Balaban J connectivity index is 2.40. The van der Waals surface area contributed by atoms with Gasteiger partial charge in [0.05, 0.1) is 24.7 Å². The lowest BCUT2D eigenvalue weighted by Crippen LogP contribution is -2.19. The Labute approximate surface area is 107 Å². The van der Waals surface area contributed by atoms with E-state index in [2.05, 4.69) is 21.2 Å². The van der Waals surface area contributed by atoms with Crippen LogP contribution in [0.15, 0.2) is 16.6 Å². The van der Waals surface area contributed by atoms with Crippen LogP contribution in [-0.2, 0) is 4.74 Å². The summed E-state index contributed by atoms with van der Waals surface area (Å²) in [6, 6.07) is 3.42. The van der Waals surface area contributed by atoms with Crippen molar-refractivity contribution < 1.29 is 19.0 Å². The second-order valence-corrected chi connectivity index (χ2v) is 4.38. The zero-order valence-electron chi connectivity index (χ0n) is 9.45. The number of alkyl carbamates (subject to hydrolysis) is 1. The quantitative estimate of drug-likeness (QED) is 0.930. The first-order valence-corrected chi connectivity index (χ1v) is 5.79. The highest BCUT2D eigenvalue weighted by atomic mass is 79.9. The molecule has 0 saturated carbocycles. The Bertz CT molecular complexity index is 449. The largest absolute Gasteiger partial charge is 0.496 e. The molecule has 1 aromatic carbocycles. The third kappa shape index (κ3) is 2.31. The number of nitrogens with one attached hydrogen (secondary N) is 1. The van der Waals surface area contributed by atoms with Gasteiger partial charge in [0, 0.05) is 5.56 Å². The molecule has 0 unspecified atom stereocenters. The molecule has 0 bridgehead atoms. The second-order valence-electron chi connectivity index (χ2n) is 3.52. The van der Waals surface area contributed by atoms with E-state index in [0.717, 1.165) is 10.0 Å². The van der Waals surface area contributed by atoms with Crippen LogP contribution < -0.4 is 14.8 Å². The van der Waals surface area contributed by atoms with Crippen LogP contribution in [0.2, 0.25) is 0 Å². The fourth-order valence-corrected chi connectivity index (χ4v) is 2.19. The minimum atomic E-state index is -0.418. The first kappa shape index (κ1) is 12.0. The van der Waals surface area contributed by atoms with Crippen LogP contribution in [0.4, 0.5) is 4.79 Å². The number of amides is 1. The number of carbonyl (C=O) groups is 1. The Morgan fingerprint density at radius 1 is 1.35 bits per heavy atom. The molecule has 1 saturated heterocycles. The lowest BCUT2D eigenvalue weighted by atomic mass is 10.1. The minimum absolute atomic E-state index is 0.209. The predicted molar refractivity (Wildman–Crippen MR) is 64.5 cm³/mol. The van der Waals surface area contributed by atoms with E-state index in [1.807, 2.05) is 6.07 Å². The SMILES string of the molecule is COc1cc([C@@H]2COC(=O)N2)c(OC)cc1Br. The van der Waals surface area contributed by atoms with Gasteiger partial charge in [-0.15, -0.1) is 0 Å². The molecule has 92 valence electrons. The molecule has 1 amide bonds. The fourth-order valence-electron chi connectivity index (χ4n) is 1.71. The van der Waals surface area contributed by atoms with Crippen molar-refractivity contribution in [2.45, 2.75) is 6.04 Å². The number of cyclic esters (lactones) is 1. The summed E-state index contributed by atoms with van der Waals surface area (Å²) < 4.78 is 16.2. The number of halogens is 1. The number of carbonyl (C=O) groups excluding carboxylic acids is 1. The molecule has 0 aliphatic carbocycles. The van der Waals surface area contributed by atoms with Gasteiger partial charge in [-0.3, -0.25) is 0 Å². The number of methoxy groups -OCH3 is 2. The second kappa shape index (κ2) is 4.83. The molecule has 0 radical (unpaired) electrons. The van der Waals surface area contributed by atoms with Gasteiger partial charge in [0.25, 0.3) is 0 Å². The molecule has 1 atom stereocenters. The molecule has 17 heavy (non-hydrogen) atoms. The van der Waals surface area contributed by atoms with E-state index in [-0.39, 0.29) is 6.04 Å². The van der Waals surface area contributed by atoms with Crippen molar-refractivity contribution in [3.8, 4) is 11.5 Å². The zero-order valence-corrected chi connectivity index (χ0v) is 11.0. The van der Waals surface area contributed by atoms with Crippen LogP contribution in [0.25, 0.3) is 0 Å². The van der Waals surface area contributed by atoms with Gasteiger partial charge in [-0.25, -0.2) is 4.79 Å². The van der Waals surface area contributed by atoms with Crippen LogP contribution in [0.3, 0.4) is 0 Å². The molecule has 1 N–H and O–H groups in total. The van der Waals surface area contributed by atoms with Gasteiger partial charge in [-0.1, -0.05) is 0 Å². The van der Waals surface area contributed by atoms with Crippen LogP contribution in [0, 0.1) is 0 Å². The van der Waals surface area contributed by atoms with Crippen LogP contribution in [0.5, 0.6) is 11.5 Å². The van der Waals surface area contributed by atoms with Crippen LogP contribution >= 0.6 is 15.9 Å². The first-order valence-electron chi connectivity index (χ1n) is 5.00. The summed E-state index contributed by atoms with van der Waals surface area (Å²) in [5.41, 5.74) is 0.832. The Morgan fingerprint density at radius 2 is 2.06 bits per heavy atom. The first-order chi connectivity index (χ1) is 8.15. The third-order valence-corrected chi connectivity index (χ3v) is 3.17. The highest BCUT2D eigenvalue weighted by Gasteiger charge is 2.27. The van der Waals surface area contributed by atoms with Crippen molar-refractivity contribution in [2.24, 2.45) is 0 Å². The van der Waals surface area contributed by atoms with E-state index in [4.69, 9.17) is 14.2 Å². The summed E-state index contributed by atoms with van der Waals surface area (Å²) in [5.74, 6) is 1.36. The standard InChI is InChI=1S/C11H12BrNO4/c1-15-9-4-7(12)10(16-2)3-6(9)8-5-17-11(14)13-8/h3-4,8H,5H2,1-2H3,(H,13,14)/t8-/m0/s1. The topological polar surface area (TPSA) is 56.8 Å². The van der Waals surface area contributed by atoms with Crippen molar-refractivity contribution in [2.75, 3.05) is 20.8 Å². The lowest BCUT2D eigenvalue weighted by Gasteiger charge is -2.15. The molecule has 1 fully saturated rings. The average Bonchev–Trinajstić information content (AvgIpc) is 2.75. The summed E-state index contributed by atoms with van der Waals surface area (Å²) in [6.45, 7) is 0.292. The van der Waals surface area contributed by atoms with E-state index in [1.165, 1.54) is 0 Å². The highest BCUT2D eigenvalue weighted by Crippen LogP contribution is 2.36. The van der Waals surface area contributed by atoms with Gasteiger partial charge >= 0.3 is 6.09 Å². The number of hydrogen-bond donors (Lipinski definition) is 1. The summed E-state index contributed by atoms with van der Waals surface area (Å²) in [5, 5.41) is 2.70. The predicted octanol–water partition coefficient (Wildman–Crippen LogP) is 2.25. The molecule has 1 aliphatic rings. The van der Waals surface area contributed by atoms with Crippen LogP contribution in [-0.4, -0.2) is 26.9 Å². The number of ether oxygens (including phenoxy) is 3. The van der Waals surface area contributed by atoms with E-state index >= 15 is 0 Å². The molecule has 1 aromatic rings. The molecule has 1 heterocycles. The maximum Gasteiger partial charge on any atom is 0.407 e.